The number of esters is 1. The fourth-order valence-corrected chi connectivity index (χ4v) is 5.47. The molecular formula is C33H32N4O5. The summed E-state index contributed by atoms with van der Waals surface area (Å²) in [4.78, 5) is 42.7. The van der Waals surface area contributed by atoms with Crippen LogP contribution in [0.2, 0.25) is 0 Å². The summed E-state index contributed by atoms with van der Waals surface area (Å²) in [7, 11) is 0. The van der Waals surface area contributed by atoms with Crippen molar-refractivity contribution in [1.82, 2.24) is 9.78 Å². The van der Waals surface area contributed by atoms with E-state index in [2.05, 4.69) is 5.10 Å². The molecule has 1 aromatic heterocycles. The number of anilines is 2. The molecule has 9 nitrogen and oxygen atoms in total. The summed E-state index contributed by atoms with van der Waals surface area (Å²) in [5.41, 5.74) is 4.30. The predicted molar refractivity (Wildman–Crippen MR) is 158 cm³/mol. The highest BCUT2D eigenvalue weighted by Crippen LogP contribution is 2.31. The van der Waals surface area contributed by atoms with Gasteiger partial charge >= 0.3 is 5.97 Å². The average molecular weight is 565 g/mol. The first-order valence-corrected chi connectivity index (χ1v) is 14.3. The molecule has 0 radical (unpaired) electrons. The number of rotatable bonds is 8. The topological polar surface area (TPSA) is 94.0 Å². The summed E-state index contributed by atoms with van der Waals surface area (Å²) in [6, 6.07) is 24.7. The van der Waals surface area contributed by atoms with E-state index in [9.17, 15) is 14.4 Å². The van der Waals surface area contributed by atoms with Gasteiger partial charge in [-0.3, -0.25) is 9.59 Å². The van der Waals surface area contributed by atoms with Crippen LogP contribution in [0.3, 0.4) is 0 Å². The highest BCUT2D eigenvalue weighted by molar-refractivity contribution is 6.09. The van der Waals surface area contributed by atoms with Gasteiger partial charge in [0.15, 0.2) is 5.69 Å². The Morgan fingerprint density at radius 2 is 1.50 bits per heavy atom. The van der Waals surface area contributed by atoms with Gasteiger partial charge in [-0.05, 0) is 80.3 Å². The van der Waals surface area contributed by atoms with E-state index in [1.165, 1.54) is 4.68 Å². The molecule has 0 bridgehead atoms. The number of hydrogen-bond acceptors (Lipinski definition) is 6. The Bertz CT molecular complexity index is 1600. The minimum Gasteiger partial charge on any atom is -0.489 e. The van der Waals surface area contributed by atoms with Crippen molar-refractivity contribution in [3.63, 3.8) is 0 Å². The van der Waals surface area contributed by atoms with E-state index in [0.717, 1.165) is 24.1 Å². The Morgan fingerprint density at radius 3 is 2.19 bits per heavy atom. The van der Waals surface area contributed by atoms with Crippen LogP contribution in [0.1, 0.15) is 58.3 Å². The maximum absolute atomic E-state index is 14.0. The standard InChI is InChI=1S/C33H32N4O5/c1-2-41-33(40)30-28-19-21-36(25-13-11-24(12-14-25)35-20-7-6-10-29(35)38)32(39)31(28)37(34-30)26-15-17-27(18-16-26)42-22-23-8-4-3-5-9-23/h3-5,8-9,11-18H,2,6-7,10,19-22H2,1H3. The monoisotopic (exact) mass is 564 g/mol. The van der Waals surface area contributed by atoms with E-state index in [-0.39, 0.29) is 24.1 Å². The van der Waals surface area contributed by atoms with Crippen LogP contribution in [-0.4, -0.2) is 47.3 Å². The van der Waals surface area contributed by atoms with Crippen molar-refractivity contribution in [3.8, 4) is 11.4 Å². The maximum atomic E-state index is 14.0. The maximum Gasteiger partial charge on any atom is 0.359 e. The fourth-order valence-electron chi connectivity index (χ4n) is 5.47. The third-order valence-corrected chi connectivity index (χ3v) is 7.61. The van der Waals surface area contributed by atoms with Gasteiger partial charge in [0.2, 0.25) is 5.91 Å². The van der Waals surface area contributed by atoms with Gasteiger partial charge in [0.25, 0.3) is 5.91 Å². The number of amides is 2. The summed E-state index contributed by atoms with van der Waals surface area (Å²) >= 11 is 0. The molecule has 0 N–H and O–H groups in total. The normalized spacial score (nSPS) is 15.0. The van der Waals surface area contributed by atoms with Crippen LogP contribution in [0, 0.1) is 0 Å². The quantitative estimate of drug-likeness (QED) is 0.268. The van der Waals surface area contributed by atoms with Crippen molar-refractivity contribution in [3.05, 3.63) is 101 Å². The number of fused-ring (bicyclic) bond motifs is 1. The lowest BCUT2D eigenvalue weighted by Crippen LogP contribution is -2.39. The lowest BCUT2D eigenvalue weighted by atomic mass is 10.0. The van der Waals surface area contributed by atoms with E-state index in [1.54, 1.807) is 16.7 Å². The third-order valence-electron chi connectivity index (χ3n) is 7.61. The summed E-state index contributed by atoms with van der Waals surface area (Å²) in [5, 5.41) is 4.58. The Kier molecular flexibility index (Phi) is 7.72. The van der Waals surface area contributed by atoms with Crippen LogP contribution >= 0.6 is 0 Å². The zero-order chi connectivity index (χ0) is 29.1. The molecule has 2 aliphatic heterocycles. The number of carbonyl (C=O) groups excluding carboxylic acids is 3. The molecule has 0 unspecified atom stereocenters. The first kappa shape index (κ1) is 27.3. The van der Waals surface area contributed by atoms with E-state index < -0.39 is 5.97 Å². The van der Waals surface area contributed by atoms with Crippen LogP contribution in [0.15, 0.2) is 78.9 Å². The average Bonchev–Trinajstić information content (AvgIpc) is 3.42. The largest absolute Gasteiger partial charge is 0.489 e. The highest BCUT2D eigenvalue weighted by Gasteiger charge is 2.35. The second-order valence-corrected chi connectivity index (χ2v) is 10.3. The lowest BCUT2D eigenvalue weighted by molar-refractivity contribution is -0.119. The second-order valence-electron chi connectivity index (χ2n) is 10.3. The van der Waals surface area contributed by atoms with Crippen LogP contribution in [-0.2, 0) is 22.6 Å². The molecule has 0 saturated carbocycles. The van der Waals surface area contributed by atoms with Crippen LogP contribution in [0.5, 0.6) is 5.75 Å². The summed E-state index contributed by atoms with van der Waals surface area (Å²) in [6.07, 6.45) is 2.90. The van der Waals surface area contributed by atoms with Crippen LogP contribution < -0.4 is 14.5 Å². The minimum absolute atomic E-state index is 0.125. The molecule has 0 spiro atoms. The second kappa shape index (κ2) is 11.9. The molecule has 2 aliphatic rings. The molecule has 9 heteroatoms. The molecule has 1 saturated heterocycles. The van der Waals surface area contributed by atoms with Gasteiger partial charge in [0, 0.05) is 36.4 Å². The smallest absolute Gasteiger partial charge is 0.359 e. The molecule has 0 atom stereocenters. The van der Waals surface area contributed by atoms with Crippen molar-refractivity contribution in [2.24, 2.45) is 0 Å². The summed E-state index contributed by atoms with van der Waals surface area (Å²) < 4.78 is 12.7. The number of carbonyl (C=O) groups is 3. The van der Waals surface area contributed by atoms with Gasteiger partial charge in [-0.15, -0.1) is 0 Å². The van der Waals surface area contributed by atoms with E-state index in [0.29, 0.717) is 60.9 Å². The van der Waals surface area contributed by atoms with E-state index in [4.69, 9.17) is 9.47 Å². The number of aromatic nitrogens is 2. The van der Waals surface area contributed by atoms with Crippen LogP contribution in [0.4, 0.5) is 11.4 Å². The zero-order valence-corrected chi connectivity index (χ0v) is 23.5. The molecule has 2 amide bonds. The zero-order valence-electron chi connectivity index (χ0n) is 23.5. The van der Waals surface area contributed by atoms with Crippen molar-refractivity contribution >= 4 is 29.2 Å². The Morgan fingerprint density at radius 1 is 0.810 bits per heavy atom. The van der Waals surface area contributed by atoms with Crippen molar-refractivity contribution < 1.29 is 23.9 Å². The molecule has 1 fully saturated rings. The Balaban J connectivity index is 1.28. The first-order valence-electron chi connectivity index (χ1n) is 14.3. The van der Waals surface area contributed by atoms with Gasteiger partial charge < -0.3 is 19.3 Å². The predicted octanol–water partition coefficient (Wildman–Crippen LogP) is 5.35. The molecule has 3 heterocycles. The molecule has 6 rings (SSSR count). The third kappa shape index (κ3) is 5.37. The molecule has 4 aromatic rings. The Hall–Kier alpha value is -4.92. The van der Waals surface area contributed by atoms with Crippen LogP contribution in [0.25, 0.3) is 5.69 Å². The van der Waals surface area contributed by atoms with E-state index in [1.807, 2.05) is 78.9 Å². The minimum atomic E-state index is -0.549. The van der Waals surface area contributed by atoms with Gasteiger partial charge in [0.1, 0.15) is 18.1 Å². The van der Waals surface area contributed by atoms with Crippen molar-refractivity contribution in [2.75, 3.05) is 29.5 Å². The van der Waals surface area contributed by atoms with Crippen molar-refractivity contribution in [1.29, 1.82) is 0 Å². The molecule has 0 aliphatic carbocycles. The number of nitrogens with zero attached hydrogens (tertiary/aromatic N) is 4. The molecular weight excluding hydrogens is 532 g/mol. The van der Waals surface area contributed by atoms with Gasteiger partial charge in [0.05, 0.1) is 12.3 Å². The first-order chi connectivity index (χ1) is 20.5. The van der Waals surface area contributed by atoms with Gasteiger partial charge in [-0.25, -0.2) is 9.48 Å². The number of piperidine rings is 1. The van der Waals surface area contributed by atoms with Gasteiger partial charge in [-0.2, -0.15) is 5.10 Å². The number of ether oxygens (including phenoxy) is 2. The summed E-state index contributed by atoms with van der Waals surface area (Å²) in [6.45, 7) is 3.47. The SMILES string of the molecule is CCOC(=O)c1nn(-c2ccc(OCc3ccccc3)cc2)c2c1CCN(c1ccc(N3CCCCC3=O)cc1)C2=O. The lowest BCUT2D eigenvalue weighted by Gasteiger charge is -2.29. The number of benzene rings is 3. The molecule has 3 aromatic carbocycles. The highest BCUT2D eigenvalue weighted by atomic mass is 16.5. The van der Waals surface area contributed by atoms with Gasteiger partial charge in [-0.1, -0.05) is 30.3 Å². The van der Waals surface area contributed by atoms with Crippen molar-refractivity contribution in [2.45, 2.75) is 39.2 Å². The summed E-state index contributed by atoms with van der Waals surface area (Å²) in [5.74, 6) is -0.00772. The number of hydrogen-bond donors (Lipinski definition) is 0. The fraction of sp³-hybridized carbons (Fsp3) is 0.273. The molecule has 42 heavy (non-hydrogen) atoms. The van der Waals surface area contributed by atoms with E-state index >= 15 is 0 Å². The molecule has 214 valence electrons. The Labute approximate surface area is 244 Å².